The van der Waals surface area contributed by atoms with Crippen molar-refractivity contribution in [2.24, 2.45) is 0 Å². The van der Waals surface area contributed by atoms with E-state index in [-0.39, 0.29) is 13.1 Å². The van der Waals surface area contributed by atoms with Gasteiger partial charge >= 0.3 is 11.9 Å². The van der Waals surface area contributed by atoms with Crippen molar-refractivity contribution in [2.75, 3.05) is 37.9 Å². The first-order valence-electron chi connectivity index (χ1n) is 5.17. The summed E-state index contributed by atoms with van der Waals surface area (Å²) < 4.78 is 9.11. The second kappa shape index (κ2) is 6.43. The lowest BCUT2D eigenvalue weighted by molar-refractivity contribution is -0.140. The van der Waals surface area contributed by atoms with E-state index in [2.05, 4.69) is 14.5 Å². The van der Waals surface area contributed by atoms with Crippen LogP contribution in [0.4, 0.5) is 11.5 Å². The quantitative estimate of drug-likeness (QED) is 0.727. The molecule has 98 valence electrons. The number of rotatable bonds is 5. The fourth-order valence-electron chi connectivity index (χ4n) is 1.27. The third-order valence-corrected chi connectivity index (χ3v) is 2.19. The molecule has 0 unspecified atom stereocenters. The van der Waals surface area contributed by atoms with Crippen molar-refractivity contribution >= 4 is 23.4 Å². The van der Waals surface area contributed by atoms with E-state index in [9.17, 15) is 9.59 Å². The van der Waals surface area contributed by atoms with Gasteiger partial charge in [-0.15, -0.1) is 0 Å². The van der Waals surface area contributed by atoms with Crippen LogP contribution in [0.1, 0.15) is 0 Å². The van der Waals surface area contributed by atoms with E-state index in [1.807, 2.05) is 0 Å². The van der Waals surface area contributed by atoms with Crippen molar-refractivity contribution in [3.05, 3.63) is 18.3 Å². The molecule has 1 heterocycles. The van der Waals surface area contributed by atoms with Gasteiger partial charge < -0.3 is 20.1 Å². The van der Waals surface area contributed by atoms with Gasteiger partial charge in [0.2, 0.25) is 0 Å². The number of carbonyl (C=O) groups excluding carboxylic acids is 2. The Balaban J connectivity index is 2.88. The highest BCUT2D eigenvalue weighted by Crippen LogP contribution is 2.13. The molecular formula is C11H15N3O4. The van der Waals surface area contributed by atoms with Crippen LogP contribution in [-0.4, -0.2) is 44.2 Å². The molecule has 2 N–H and O–H groups in total. The predicted octanol–water partition coefficient (Wildman–Crippen LogP) is -0.184. The average molecular weight is 253 g/mol. The molecule has 0 saturated heterocycles. The minimum atomic E-state index is -0.483. The molecule has 0 radical (unpaired) electrons. The number of pyridine rings is 1. The van der Waals surface area contributed by atoms with Crippen LogP contribution < -0.4 is 10.6 Å². The molecule has 0 bridgehead atoms. The lowest BCUT2D eigenvalue weighted by Gasteiger charge is -2.21. The summed E-state index contributed by atoms with van der Waals surface area (Å²) in [6.07, 6.45) is 1.49. The fraction of sp³-hybridized carbons (Fsp3) is 0.364. The molecule has 0 saturated carbocycles. The number of aromatic nitrogens is 1. The highest BCUT2D eigenvalue weighted by atomic mass is 16.5. The number of anilines is 2. The van der Waals surface area contributed by atoms with Crippen molar-refractivity contribution < 1.29 is 19.1 Å². The van der Waals surface area contributed by atoms with Crippen LogP contribution in [0.3, 0.4) is 0 Å². The van der Waals surface area contributed by atoms with Crippen LogP contribution in [-0.2, 0) is 19.1 Å². The number of nitrogens with zero attached hydrogens (tertiary/aromatic N) is 2. The fourth-order valence-corrected chi connectivity index (χ4v) is 1.27. The Kier molecular flexibility index (Phi) is 4.91. The normalized spacial score (nSPS) is 9.67. The molecule has 0 amide bonds. The number of carbonyl (C=O) groups is 2. The minimum absolute atomic E-state index is 0.109. The summed E-state index contributed by atoms with van der Waals surface area (Å²) in [7, 11) is 2.54. The second-order valence-corrected chi connectivity index (χ2v) is 3.46. The monoisotopic (exact) mass is 253 g/mol. The van der Waals surface area contributed by atoms with Crippen LogP contribution in [0.25, 0.3) is 0 Å². The number of hydrogen-bond acceptors (Lipinski definition) is 7. The Labute approximate surface area is 104 Å². The van der Waals surface area contributed by atoms with Crippen molar-refractivity contribution in [1.29, 1.82) is 0 Å². The summed E-state index contributed by atoms with van der Waals surface area (Å²) in [6, 6.07) is 3.17. The smallest absolute Gasteiger partial charge is 0.325 e. The summed E-state index contributed by atoms with van der Waals surface area (Å²) in [6.45, 7) is -0.218. The maximum atomic E-state index is 11.3. The van der Waals surface area contributed by atoms with Crippen molar-refractivity contribution in [3.63, 3.8) is 0 Å². The zero-order chi connectivity index (χ0) is 13.5. The molecule has 0 aliphatic rings. The SMILES string of the molecule is COC(=O)CN(CC(=O)OC)c1cc(N)ccn1. The van der Waals surface area contributed by atoms with Gasteiger partial charge in [0, 0.05) is 18.0 Å². The number of ether oxygens (including phenoxy) is 2. The molecule has 7 nitrogen and oxygen atoms in total. The summed E-state index contributed by atoms with van der Waals surface area (Å²) in [4.78, 5) is 28.0. The number of esters is 2. The first kappa shape index (κ1) is 13.8. The Morgan fingerprint density at radius 2 is 1.83 bits per heavy atom. The van der Waals surface area contributed by atoms with Gasteiger partial charge in [0.1, 0.15) is 18.9 Å². The van der Waals surface area contributed by atoms with E-state index >= 15 is 0 Å². The van der Waals surface area contributed by atoms with Gasteiger partial charge in [0.15, 0.2) is 0 Å². The van der Waals surface area contributed by atoms with Crippen LogP contribution in [0.2, 0.25) is 0 Å². The molecular weight excluding hydrogens is 238 g/mol. The molecule has 0 aliphatic carbocycles. The lowest BCUT2D eigenvalue weighted by atomic mass is 10.3. The van der Waals surface area contributed by atoms with Crippen LogP contribution >= 0.6 is 0 Å². The summed E-state index contributed by atoms with van der Waals surface area (Å²) in [5.74, 6) is -0.558. The maximum absolute atomic E-state index is 11.3. The Bertz CT molecular complexity index is 418. The molecule has 1 aromatic rings. The molecule has 0 fully saturated rings. The largest absolute Gasteiger partial charge is 0.468 e. The number of hydrogen-bond donors (Lipinski definition) is 1. The highest BCUT2D eigenvalue weighted by molar-refractivity contribution is 5.80. The number of nitrogens with two attached hydrogens (primary N) is 1. The summed E-state index contributed by atoms with van der Waals surface area (Å²) in [5, 5.41) is 0. The molecule has 1 rings (SSSR count). The first-order valence-corrected chi connectivity index (χ1v) is 5.17. The van der Waals surface area contributed by atoms with Crippen LogP contribution in [0.15, 0.2) is 18.3 Å². The van der Waals surface area contributed by atoms with Gasteiger partial charge in [-0.1, -0.05) is 0 Å². The Hall–Kier alpha value is -2.31. The molecule has 1 aromatic heterocycles. The number of methoxy groups -OCH3 is 2. The van der Waals surface area contributed by atoms with Crippen molar-refractivity contribution in [3.8, 4) is 0 Å². The molecule has 0 atom stereocenters. The van der Waals surface area contributed by atoms with Gasteiger partial charge in [-0.05, 0) is 6.07 Å². The van der Waals surface area contributed by atoms with Gasteiger partial charge in [0.05, 0.1) is 14.2 Å². The van der Waals surface area contributed by atoms with Crippen molar-refractivity contribution in [1.82, 2.24) is 4.98 Å². The zero-order valence-electron chi connectivity index (χ0n) is 10.3. The summed E-state index contributed by atoms with van der Waals surface area (Å²) >= 11 is 0. The van der Waals surface area contributed by atoms with E-state index in [0.717, 1.165) is 0 Å². The van der Waals surface area contributed by atoms with E-state index in [4.69, 9.17) is 5.73 Å². The molecule has 0 aromatic carbocycles. The van der Waals surface area contributed by atoms with Crippen LogP contribution in [0.5, 0.6) is 0 Å². The highest BCUT2D eigenvalue weighted by Gasteiger charge is 2.17. The third-order valence-electron chi connectivity index (χ3n) is 2.19. The van der Waals surface area contributed by atoms with Crippen molar-refractivity contribution in [2.45, 2.75) is 0 Å². The predicted molar refractivity (Wildman–Crippen MR) is 64.9 cm³/mol. The standard InChI is InChI=1S/C11H15N3O4/c1-17-10(15)6-14(7-11(16)18-2)9-5-8(12)3-4-13-9/h3-5H,6-7H2,1-2H3,(H2,12,13). The zero-order valence-corrected chi connectivity index (χ0v) is 10.3. The van der Waals surface area contributed by atoms with Crippen LogP contribution in [0, 0.1) is 0 Å². The molecule has 7 heteroatoms. The Morgan fingerprint density at radius 1 is 1.28 bits per heavy atom. The minimum Gasteiger partial charge on any atom is -0.468 e. The number of nitrogen functional groups attached to an aromatic ring is 1. The van der Waals surface area contributed by atoms with Gasteiger partial charge in [0.25, 0.3) is 0 Å². The van der Waals surface area contributed by atoms with Gasteiger partial charge in [-0.2, -0.15) is 0 Å². The third kappa shape index (κ3) is 3.93. The van der Waals surface area contributed by atoms with Gasteiger partial charge in [-0.3, -0.25) is 9.59 Å². The van der Waals surface area contributed by atoms with E-state index in [1.54, 1.807) is 12.1 Å². The summed E-state index contributed by atoms with van der Waals surface area (Å²) in [5.41, 5.74) is 6.11. The Morgan fingerprint density at radius 3 is 2.28 bits per heavy atom. The molecule has 0 spiro atoms. The van der Waals surface area contributed by atoms with E-state index in [1.165, 1.54) is 25.3 Å². The first-order chi connectivity index (χ1) is 8.56. The molecule has 0 aliphatic heterocycles. The second-order valence-electron chi connectivity index (χ2n) is 3.46. The molecule has 18 heavy (non-hydrogen) atoms. The topological polar surface area (TPSA) is 94.8 Å². The average Bonchev–Trinajstić information content (AvgIpc) is 2.37. The lowest BCUT2D eigenvalue weighted by Crippen LogP contribution is -2.36. The maximum Gasteiger partial charge on any atom is 0.325 e. The van der Waals surface area contributed by atoms with E-state index in [0.29, 0.717) is 11.5 Å². The van der Waals surface area contributed by atoms with Gasteiger partial charge in [-0.25, -0.2) is 4.98 Å². The van der Waals surface area contributed by atoms with E-state index < -0.39 is 11.9 Å².